The van der Waals surface area contributed by atoms with Crippen molar-refractivity contribution in [3.8, 4) is 5.75 Å². The van der Waals surface area contributed by atoms with E-state index in [4.69, 9.17) is 9.72 Å². The van der Waals surface area contributed by atoms with E-state index in [1.165, 1.54) is 43.5 Å². The molecule has 170 valence electrons. The second-order valence-electron chi connectivity index (χ2n) is 8.87. The lowest BCUT2D eigenvalue weighted by Crippen LogP contribution is -2.52. The normalized spacial score (nSPS) is 19.8. The molecule has 32 heavy (non-hydrogen) atoms. The topological polar surface area (TPSA) is 61.8 Å². The van der Waals surface area contributed by atoms with Gasteiger partial charge in [-0.05, 0) is 49.1 Å². The molecule has 2 aromatic rings. The van der Waals surface area contributed by atoms with E-state index in [-0.39, 0.29) is 18.3 Å². The van der Waals surface area contributed by atoms with Gasteiger partial charge in [0, 0.05) is 57.9 Å². The Kier molecular flexibility index (Phi) is 6.21. The summed E-state index contributed by atoms with van der Waals surface area (Å²) in [5.41, 5.74) is 2.17. The predicted molar refractivity (Wildman–Crippen MR) is 119 cm³/mol. The average molecular weight is 440 g/mol. The van der Waals surface area contributed by atoms with Gasteiger partial charge in [-0.25, -0.2) is 14.4 Å². The molecule has 8 heteroatoms. The Bertz CT molecular complexity index is 942. The van der Waals surface area contributed by atoms with Crippen molar-refractivity contribution >= 4 is 11.9 Å². The van der Waals surface area contributed by atoms with Crippen LogP contribution in [-0.4, -0.2) is 77.6 Å². The van der Waals surface area contributed by atoms with Crippen molar-refractivity contribution in [1.29, 1.82) is 0 Å². The Morgan fingerprint density at radius 3 is 2.50 bits per heavy atom. The number of fused-ring (bicyclic) bond motifs is 1. The summed E-state index contributed by atoms with van der Waals surface area (Å²) in [7, 11) is 0. The van der Waals surface area contributed by atoms with Gasteiger partial charge in [-0.2, -0.15) is 0 Å². The minimum Gasteiger partial charge on any atom is -0.484 e. The Morgan fingerprint density at radius 2 is 1.78 bits per heavy atom. The van der Waals surface area contributed by atoms with Gasteiger partial charge in [0.25, 0.3) is 5.91 Å². The van der Waals surface area contributed by atoms with Crippen LogP contribution in [0.25, 0.3) is 0 Å². The van der Waals surface area contributed by atoms with Crippen molar-refractivity contribution in [2.45, 2.75) is 38.1 Å². The standard InChI is InChI=1S/C24H30FN5O2/c25-19-4-6-21(7-5-19)32-17-23(31)29-10-8-18-16-26-24(27-22(18)9-11-29)30-14-12-28(13-15-30)20-2-1-3-20/h4-7,16,20H,1-3,8-15,17H2. The molecule has 0 bridgehead atoms. The predicted octanol–water partition coefficient (Wildman–Crippen LogP) is 2.30. The Labute approximate surface area is 188 Å². The van der Waals surface area contributed by atoms with Crippen LogP contribution in [-0.2, 0) is 17.6 Å². The maximum absolute atomic E-state index is 13.0. The van der Waals surface area contributed by atoms with Gasteiger partial charge >= 0.3 is 0 Å². The quantitative estimate of drug-likeness (QED) is 0.713. The fourth-order valence-electron chi connectivity index (χ4n) is 4.67. The summed E-state index contributed by atoms with van der Waals surface area (Å²) in [6.07, 6.45) is 7.47. The molecule has 0 N–H and O–H groups in total. The number of rotatable bonds is 5. The SMILES string of the molecule is O=C(COc1ccc(F)cc1)N1CCc2cnc(N3CCN(C4CCC4)CC3)nc2CC1. The first-order chi connectivity index (χ1) is 15.7. The molecule has 7 nitrogen and oxygen atoms in total. The molecule has 0 atom stereocenters. The van der Waals surface area contributed by atoms with Crippen LogP contribution in [0.5, 0.6) is 5.75 Å². The first kappa shape index (κ1) is 21.1. The van der Waals surface area contributed by atoms with E-state index in [1.54, 1.807) is 0 Å². The van der Waals surface area contributed by atoms with Crippen LogP contribution in [0.15, 0.2) is 30.5 Å². The van der Waals surface area contributed by atoms with Crippen molar-refractivity contribution < 1.29 is 13.9 Å². The first-order valence-corrected chi connectivity index (χ1v) is 11.7. The summed E-state index contributed by atoms with van der Waals surface area (Å²) in [5, 5.41) is 0. The zero-order valence-corrected chi connectivity index (χ0v) is 18.4. The van der Waals surface area contributed by atoms with E-state index in [2.05, 4.69) is 14.8 Å². The number of hydrogen-bond donors (Lipinski definition) is 0. The molecule has 5 rings (SSSR count). The van der Waals surface area contributed by atoms with Crippen molar-refractivity contribution in [3.63, 3.8) is 0 Å². The van der Waals surface area contributed by atoms with Crippen LogP contribution in [0.2, 0.25) is 0 Å². The smallest absolute Gasteiger partial charge is 0.260 e. The minimum absolute atomic E-state index is 0.0514. The van der Waals surface area contributed by atoms with E-state index in [0.29, 0.717) is 18.8 Å². The molecule has 2 fully saturated rings. The van der Waals surface area contributed by atoms with E-state index < -0.39 is 0 Å². The third-order valence-electron chi connectivity index (χ3n) is 6.93. The third-order valence-corrected chi connectivity index (χ3v) is 6.93. The second-order valence-corrected chi connectivity index (χ2v) is 8.87. The molecule has 1 saturated carbocycles. The molecule has 1 aliphatic carbocycles. The molecule has 1 aromatic carbocycles. The Morgan fingerprint density at radius 1 is 1.03 bits per heavy atom. The second kappa shape index (κ2) is 9.40. The lowest BCUT2D eigenvalue weighted by Gasteiger charge is -2.43. The lowest BCUT2D eigenvalue weighted by atomic mass is 9.91. The molecule has 1 amide bonds. The highest BCUT2D eigenvalue weighted by molar-refractivity contribution is 5.78. The number of benzene rings is 1. The molecule has 0 unspecified atom stereocenters. The van der Waals surface area contributed by atoms with E-state index in [9.17, 15) is 9.18 Å². The van der Waals surface area contributed by atoms with Gasteiger partial charge in [-0.3, -0.25) is 9.69 Å². The van der Waals surface area contributed by atoms with Gasteiger partial charge in [-0.15, -0.1) is 0 Å². The van der Waals surface area contributed by atoms with Crippen molar-refractivity contribution in [2.24, 2.45) is 0 Å². The van der Waals surface area contributed by atoms with Crippen LogP contribution in [0.1, 0.15) is 30.5 Å². The number of carbonyl (C=O) groups is 1. The summed E-state index contributed by atoms with van der Waals surface area (Å²) in [6.45, 7) is 5.31. The monoisotopic (exact) mass is 439 g/mol. The minimum atomic E-state index is -0.324. The highest BCUT2D eigenvalue weighted by Gasteiger charge is 2.29. The number of aromatic nitrogens is 2. The largest absolute Gasteiger partial charge is 0.484 e. The van der Waals surface area contributed by atoms with Crippen LogP contribution in [0.4, 0.5) is 10.3 Å². The van der Waals surface area contributed by atoms with E-state index in [1.807, 2.05) is 11.1 Å². The number of amides is 1. The summed E-state index contributed by atoms with van der Waals surface area (Å²) in [5.74, 6) is 0.916. The van der Waals surface area contributed by atoms with Gasteiger partial charge in [0.15, 0.2) is 6.61 Å². The lowest BCUT2D eigenvalue weighted by molar-refractivity contribution is -0.133. The molecular formula is C24H30FN5O2. The zero-order valence-electron chi connectivity index (χ0n) is 18.4. The van der Waals surface area contributed by atoms with Crippen molar-refractivity contribution in [1.82, 2.24) is 19.8 Å². The van der Waals surface area contributed by atoms with E-state index in [0.717, 1.165) is 62.3 Å². The molecule has 3 heterocycles. The van der Waals surface area contributed by atoms with E-state index >= 15 is 0 Å². The summed E-state index contributed by atoms with van der Waals surface area (Å²) < 4.78 is 18.6. The van der Waals surface area contributed by atoms with Crippen LogP contribution >= 0.6 is 0 Å². The molecule has 2 aliphatic heterocycles. The number of piperazine rings is 1. The average Bonchev–Trinajstić information content (AvgIpc) is 3.00. The van der Waals surface area contributed by atoms with Crippen LogP contribution in [0.3, 0.4) is 0 Å². The molecular weight excluding hydrogens is 409 g/mol. The van der Waals surface area contributed by atoms with Gasteiger partial charge in [0.1, 0.15) is 11.6 Å². The number of ether oxygens (including phenoxy) is 1. The number of carbonyl (C=O) groups excluding carboxylic acids is 1. The molecule has 0 radical (unpaired) electrons. The van der Waals surface area contributed by atoms with Crippen LogP contribution < -0.4 is 9.64 Å². The van der Waals surface area contributed by atoms with Crippen molar-refractivity contribution in [2.75, 3.05) is 50.8 Å². The van der Waals surface area contributed by atoms with Gasteiger partial charge in [0.2, 0.25) is 5.95 Å². The summed E-state index contributed by atoms with van der Waals surface area (Å²) in [4.78, 5) is 28.9. The highest BCUT2D eigenvalue weighted by Crippen LogP contribution is 2.26. The summed E-state index contributed by atoms with van der Waals surface area (Å²) >= 11 is 0. The summed E-state index contributed by atoms with van der Waals surface area (Å²) in [6, 6.07) is 6.51. The fourth-order valence-corrected chi connectivity index (χ4v) is 4.67. The van der Waals surface area contributed by atoms with Gasteiger partial charge in [0.05, 0.1) is 5.69 Å². The van der Waals surface area contributed by atoms with Crippen LogP contribution in [0, 0.1) is 5.82 Å². The Balaban J connectivity index is 1.15. The molecule has 1 saturated heterocycles. The fraction of sp³-hybridized carbons (Fsp3) is 0.542. The van der Waals surface area contributed by atoms with Gasteiger partial charge < -0.3 is 14.5 Å². The van der Waals surface area contributed by atoms with Gasteiger partial charge in [-0.1, -0.05) is 6.42 Å². The highest BCUT2D eigenvalue weighted by atomic mass is 19.1. The zero-order chi connectivity index (χ0) is 21.9. The maximum atomic E-state index is 13.0. The number of hydrogen-bond acceptors (Lipinski definition) is 6. The number of nitrogens with zero attached hydrogens (tertiary/aromatic N) is 5. The first-order valence-electron chi connectivity index (χ1n) is 11.7. The molecule has 3 aliphatic rings. The Hall–Kier alpha value is -2.74. The molecule has 0 spiro atoms. The number of halogens is 1. The maximum Gasteiger partial charge on any atom is 0.260 e. The molecule has 1 aromatic heterocycles. The third kappa shape index (κ3) is 4.70. The number of anilines is 1. The van der Waals surface area contributed by atoms with Crippen molar-refractivity contribution in [3.05, 3.63) is 47.5 Å².